The standard InChI is InChI=1S/C27H43NO/c1-25(2,18-28)14-6-5-7-19-9-11-23-22-10-8-20-17-21(29)12-15-27(20,4)24(22)13-16-26(19,23)3/h13,19-23,29H,5-12,14-17H2,1-4H3. The fourth-order valence-corrected chi connectivity index (χ4v) is 8.09. The van der Waals surface area contributed by atoms with Gasteiger partial charge in [-0.25, -0.2) is 0 Å². The van der Waals surface area contributed by atoms with Gasteiger partial charge in [-0.1, -0.05) is 38.3 Å². The molecule has 3 fully saturated rings. The number of nitriles is 1. The summed E-state index contributed by atoms with van der Waals surface area (Å²) < 4.78 is 0. The van der Waals surface area contributed by atoms with Gasteiger partial charge in [0.2, 0.25) is 0 Å². The maximum atomic E-state index is 10.2. The molecule has 0 aliphatic heterocycles. The van der Waals surface area contributed by atoms with Crippen LogP contribution < -0.4 is 0 Å². The molecule has 7 atom stereocenters. The van der Waals surface area contributed by atoms with E-state index in [0.29, 0.717) is 16.7 Å². The molecule has 29 heavy (non-hydrogen) atoms. The number of rotatable bonds is 5. The topological polar surface area (TPSA) is 44.0 Å². The smallest absolute Gasteiger partial charge is 0.0683 e. The monoisotopic (exact) mass is 397 g/mol. The van der Waals surface area contributed by atoms with Crippen molar-refractivity contribution >= 4 is 0 Å². The highest BCUT2D eigenvalue weighted by Crippen LogP contribution is 2.65. The highest BCUT2D eigenvalue weighted by Gasteiger charge is 2.56. The normalized spacial score (nSPS) is 44.3. The lowest BCUT2D eigenvalue weighted by molar-refractivity contribution is -0.0126. The minimum absolute atomic E-state index is 0.0547. The number of aliphatic hydroxyl groups excluding tert-OH is 1. The molecule has 0 aromatic heterocycles. The average molecular weight is 398 g/mol. The van der Waals surface area contributed by atoms with Crippen LogP contribution in [0.25, 0.3) is 0 Å². The lowest BCUT2D eigenvalue weighted by Gasteiger charge is -2.56. The van der Waals surface area contributed by atoms with E-state index in [0.717, 1.165) is 37.0 Å². The van der Waals surface area contributed by atoms with Gasteiger partial charge in [-0.15, -0.1) is 0 Å². The maximum absolute atomic E-state index is 10.2. The Bertz CT molecular complexity index is 687. The predicted molar refractivity (Wildman–Crippen MR) is 119 cm³/mol. The fraction of sp³-hybridized carbons (Fsp3) is 0.889. The zero-order valence-electron chi connectivity index (χ0n) is 19.3. The summed E-state index contributed by atoms with van der Waals surface area (Å²) in [6, 6.07) is 2.46. The molecule has 7 unspecified atom stereocenters. The summed E-state index contributed by atoms with van der Waals surface area (Å²) in [4.78, 5) is 0. The van der Waals surface area contributed by atoms with Crippen LogP contribution in [0.2, 0.25) is 0 Å². The molecule has 0 bridgehead atoms. The quantitative estimate of drug-likeness (QED) is 0.399. The van der Waals surface area contributed by atoms with Crippen molar-refractivity contribution in [2.75, 3.05) is 0 Å². The van der Waals surface area contributed by atoms with Gasteiger partial charge in [0.25, 0.3) is 0 Å². The van der Waals surface area contributed by atoms with Crippen molar-refractivity contribution in [3.05, 3.63) is 11.6 Å². The Morgan fingerprint density at radius 2 is 1.93 bits per heavy atom. The van der Waals surface area contributed by atoms with Crippen LogP contribution in [0.3, 0.4) is 0 Å². The van der Waals surface area contributed by atoms with Gasteiger partial charge in [-0.05, 0) is 113 Å². The van der Waals surface area contributed by atoms with Crippen molar-refractivity contribution < 1.29 is 5.11 Å². The summed E-state index contributed by atoms with van der Waals surface area (Å²) >= 11 is 0. The molecule has 1 N–H and O–H groups in total. The Labute approximate surface area is 179 Å². The van der Waals surface area contributed by atoms with Gasteiger partial charge in [0.15, 0.2) is 0 Å². The third kappa shape index (κ3) is 3.71. The largest absolute Gasteiger partial charge is 0.393 e. The van der Waals surface area contributed by atoms with Gasteiger partial charge in [0, 0.05) is 0 Å². The molecule has 162 valence electrons. The molecule has 2 heteroatoms. The van der Waals surface area contributed by atoms with Crippen molar-refractivity contribution in [2.24, 2.45) is 39.9 Å². The predicted octanol–water partition coefficient (Wildman–Crippen LogP) is 7.04. The van der Waals surface area contributed by atoms with E-state index >= 15 is 0 Å². The van der Waals surface area contributed by atoms with Gasteiger partial charge < -0.3 is 5.11 Å². The molecule has 0 heterocycles. The van der Waals surface area contributed by atoms with E-state index in [1.807, 2.05) is 0 Å². The molecule has 0 aromatic carbocycles. The number of fused-ring (bicyclic) bond motifs is 5. The summed E-state index contributed by atoms with van der Waals surface area (Å²) in [6.07, 6.45) is 17.6. The molecule has 2 nitrogen and oxygen atoms in total. The van der Waals surface area contributed by atoms with Crippen molar-refractivity contribution in [1.82, 2.24) is 0 Å². The van der Waals surface area contributed by atoms with E-state index in [9.17, 15) is 10.4 Å². The third-order valence-corrected chi connectivity index (χ3v) is 10.1. The zero-order valence-corrected chi connectivity index (χ0v) is 19.3. The van der Waals surface area contributed by atoms with Crippen LogP contribution in [0.15, 0.2) is 11.6 Å². The van der Waals surface area contributed by atoms with Crippen LogP contribution in [0, 0.1) is 51.2 Å². The number of unbranched alkanes of at least 4 members (excludes halogenated alkanes) is 1. The summed E-state index contributed by atoms with van der Waals surface area (Å²) in [6.45, 7) is 9.30. The summed E-state index contributed by atoms with van der Waals surface area (Å²) in [7, 11) is 0. The molecule has 3 saturated carbocycles. The highest BCUT2D eigenvalue weighted by atomic mass is 16.3. The van der Waals surface area contributed by atoms with E-state index in [2.05, 4.69) is 39.8 Å². The second-order valence-electron chi connectivity index (χ2n) is 12.2. The summed E-state index contributed by atoms with van der Waals surface area (Å²) in [5.74, 6) is 3.27. The number of hydrogen-bond donors (Lipinski definition) is 1. The summed E-state index contributed by atoms with van der Waals surface area (Å²) in [5, 5.41) is 19.5. The lowest BCUT2D eigenvalue weighted by Crippen LogP contribution is -2.48. The van der Waals surface area contributed by atoms with E-state index in [-0.39, 0.29) is 11.5 Å². The van der Waals surface area contributed by atoms with E-state index in [1.54, 1.807) is 5.57 Å². The number of nitrogens with zero attached hydrogens (tertiary/aromatic N) is 1. The highest BCUT2D eigenvalue weighted by molar-refractivity contribution is 5.28. The molecular formula is C27H43NO. The van der Waals surface area contributed by atoms with E-state index in [1.165, 1.54) is 57.8 Å². The van der Waals surface area contributed by atoms with Gasteiger partial charge in [0.1, 0.15) is 0 Å². The Morgan fingerprint density at radius 1 is 1.14 bits per heavy atom. The Balaban J connectivity index is 1.44. The molecule has 4 aliphatic carbocycles. The van der Waals surface area contributed by atoms with Crippen LogP contribution in [0.1, 0.15) is 105 Å². The van der Waals surface area contributed by atoms with Crippen LogP contribution in [0.5, 0.6) is 0 Å². The molecule has 4 rings (SSSR count). The van der Waals surface area contributed by atoms with Crippen molar-refractivity contribution in [3.63, 3.8) is 0 Å². The first-order valence-corrected chi connectivity index (χ1v) is 12.5. The van der Waals surface area contributed by atoms with Crippen molar-refractivity contribution in [2.45, 2.75) is 111 Å². The van der Waals surface area contributed by atoms with Gasteiger partial charge in [-0.2, -0.15) is 5.26 Å². The number of hydrogen-bond acceptors (Lipinski definition) is 2. The maximum Gasteiger partial charge on any atom is 0.0683 e. The first kappa shape index (κ1) is 21.4. The van der Waals surface area contributed by atoms with Crippen molar-refractivity contribution in [1.29, 1.82) is 5.26 Å². The first-order valence-electron chi connectivity index (χ1n) is 12.5. The molecule has 0 spiro atoms. The first-order chi connectivity index (χ1) is 13.7. The SMILES string of the molecule is CC(C)(C#N)CCCCC1CCC2C3CCC4CC(O)CCC4(C)C3=CCC12C. The average Bonchev–Trinajstić information content (AvgIpc) is 3.02. The molecule has 0 amide bonds. The third-order valence-electron chi connectivity index (χ3n) is 10.1. The van der Waals surface area contributed by atoms with Crippen LogP contribution in [0.4, 0.5) is 0 Å². The van der Waals surface area contributed by atoms with Crippen LogP contribution in [-0.4, -0.2) is 11.2 Å². The fourth-order valence-electron chi connectivity index (χ4n) is 8.09. The van der Waals surface area contributed by atoms with Gasteiger partial charge in [-0.3, -0.25) is 0 Å². The zero-order chi connectivity index (χ0) is 20.9. The van der Waals surface area contributed by atoms with E-state index in [4.69, 9.17) is 0 Å². The molecular weight excluding hydrogens is 354 g/mol. The lowest BCUT2D eigenvalue weighted by atomic mass is 9.48. The Kier molecular flexibility index (Phi) is 5.69. The minimum atomic E-state index is -0.160. The van der Waals surface area contributed by atoms with E-state index < -0.39 is 0 Å². The van der Waals surface area contributed by atoms with Crippen LogP contribution in [-0.2, 0) is 0 Å². The second-order valence-corrected chi connectivity index (χ2v) is 12.2. The molecule has 0 saturated heterocycles. The van der Waals surface area contributed by atoms with Gasteiger partial charge in [0.05, 0.1) is 17.6 Å². The Hall–Kier alpha value is -0.810. The number of aliphatic hydroxyl groups is 1. The second kappa shape index (κ2) is 7.71. The molecule has 0 aromatic rings. The van der Waals surface area contributed by atoms with Crippen molar-refractivity contribution in [3.8, 4) is 6.07 Å². The summed E-state index contributed by atoms with van der Waals surface area (Å²) in [5.41, 5.74) is 2.51. The van der Waals surface area contributed by atoms with Crippen LogP contribution >= 0.6 is 0 Å². The number of allylic oxidation sites excluding steroid dienone is 2. The minimum Gasteiger partial charge on any atom is -0.393 e. The Morgan fingerprint density at radius 3 is 2.69 bits per heavy atom. The van der Waals surface area contributed by atoms with Gasteiger partial charge >= 0.3 is 0 Å². The molecule has 4 aliphatic rings. The molecule has 0 radical (unpaired) electrons.